The van der Waals surface area contributed by atoms with E-state index in [9.17, 15) is 5.11 Å². The quantitative estimate of drug-likeness (QED) is 0.384. The van der Waals surface area contributed by atoms with E-state index in [1.807, 2.05) is 36.4 Å². The lowest BCUT2D eigenvalue weighted by Crippen LogP contribution is -2.51. The third kappa shape index (κ3) is 7.74. The molecule has 1 saturated heterocycles. The molecule has 1 heterocycles. The fourth-order valence-electron chi connectivity index (χ4n) is 4.40. The van der Waals surface area contributed by atoms with Crippen LogP contribution in [0.15, 0.2) is 46.9 Å². The number of hydrogen-bond donors (Lipinski definition) is 1. The lowest BCUT2D eigenvalue weighted by molar-refractivity contribution is -0.0469. The number of nitrogens with zero attached hydrogens (tertiary/aromatic N) is 2. The Morgan fingerprint density at radius 3 is 2.34 bits per heavy atom. The van der Waals surface area contributed by atoms with E-state index in [0.29, 0.717) is 6.61 Å². The molecule has 0 unspecified atom stereocenters. The summed E-state index contributed by atoms with van der Waals surface area (Å²) in [6.07, 6.45) is 3.88. The molecule has 32 heavy (non-hydrogen) atoms. The first-order valence-corrected chi connectivity index (χ1v) is 12.9. The number of ether oxygens (including phenoxy) is 1. The van der Waals surface area contributed by atoms with E-state index < -0.39 is 5.60 Å². The number of piperidine rings is 1. The molecular weight excluding hydrogens is 488 g/mol. The fraction of sp³-hybridized carbons (Fsp3) is 0.538. The van der Waals surface area contributed by atoms with Crippen molar-refractivity contribution in [2.75, 3.05) is 32.7 Å². The van der Waals surface area contributed by atoms with E-state index in [1.165, 1.54) is 0 Å². The van der Waals surface area contributed by atoms with E-state index in [0.717, 1.165) is 91.3 Å². The normalized spacial score (nSPS) is 16.4. The number of likely N-dealkylation sites (tertiary alicyclic amines) is 1. The topological polar surface area (TPSA) is 35.9 Å². The molecule has 0 amide bonds. The number of benzene rings is 2. The zero-order valence-corrected chi connectivity index (χ0v) is 21.7. The third-order valence-electron chi connectivity index (χ3n) is 6.11. The van der Waals surface area contributed by atoms with Gasteiger partial charge in [0.05, 0.1) is 5.60 Å². The average molecular weight is 524 g/mol. The first-order chi connectivity index (χ1) is 15.4. The van der Waals surface area contributed by atoms with Gasteiger partial charge < -0.3 is 14.7 Å². The predicted molar refractivity (Wildman–Crippen MR) is 136 cm³/mol. The molecule has 6 heteroatoms. The van der Waals surface area contributed by atoms with Gasteiger partial charge in [-0.2, -0.15) is 0 Å². The minimum absolute atomic E-state index is 0.510. The van der Waals surface area contributed by atoms with Crippen LogP contribution in [0.3, 0.4) is 0 Å². The Morgan fingerprint density at radius 2 is 1.72 bits per heavy atom. The standard InChI is InChI=1S/C26H36BrClN2O2/c1-3-13-30(14-4-2)20-26(31)11-15-29(16-12-26)18-22-17-23(27)7-10-25(22)32-19-21-5-8-24(28)9-6-21/h5-10,17,31H,3-4,11-16,18-20H2,1-2H3. The van der Waals surface area contributed by atoms with Crippen molar-refractivity contribution in [2.45, 2.75) is 58.3 Å². The van der Waals surface area contributed by atoms with Gasteiger partial charge in [0.25, 0.3) is 0 Å². The maximum absolute atomic E-state index is 11.2. The summed E-state index contributed by atoms with van der Waals surface area (Å²) in [6, 6.07) is 14.0. The van der Waals surface area contributed by atoms with E-state index in [4.69, 9.17) is 16.3 Å². The first kappa shape index (κ1) is 25.5. The number of halogens is 2. The fourth-order valence-corrected chi connectivity index (χ4v) is 4.93. The van der Waals surface area contributed by atoms with Crippen LogP contribution in [-0.2, 0) is 13.2 Å². The number of hydrogen-bond acceptors (Lipinski definition) is 4. The largest absolute Gasteiger partial charge is 0.489 e. The van der Waals surface area contributed by atoms with E-state index >= 15 is 0 Å². The highest BCUT2D eigenvalue weighted by Gasteiger charge is 2.34. The minimum Gasteiger partial charge on any atom is -0.489 e. The second kappa shape index (κ2) is 12.4. The second-order valence-corrected chi connectivity index (χ2v) is 10.3. The zero-order valence-electron chi connectivity index (χ0n) is 19.3. The highest BCUT2D eigenvalue weighted by Crippen LogP contribution is 2.29. The highest BCUT2D eigenvalue weighted by molar-refractivity contribution is 9.10. The number of aliphatic hydroxyl groups is 1. The molecule has 1 aliphatic rings. The predicted octanol–water partition coefficient (Wildman–Crippen LogP) is 6.13. The Morgan fingerprint density at radius 1 is 1.06 bits per heavy atom. The first-order valence-electron chi connectivity index (χ1n) is 11.7. The molecule has 3 rings (SSSR count). The molecule has 0 bridgehead atoms. The van der Waals surface area contributed by atoms with E-state index in [2.05, 4.69) is 45.6 Å². The molecule has 176 valence electrons. The molecule has 0 aromatic heterocycles. The van der Waals surface area contributed by atoms with Gasteiger partial charge in [0.2, 0.25) is 0 Å². The van der Waals surface area contributed by atoms with Crippen molar-refractivity contribution in [3.63, 3.8) is 0 Å². The van der Waals surface area contributed by atoms with Crippen LogP contribution < -0.4 is 4.74 Å². The van der Waals surface area contributed by atoms with Crippen LogP contribution in [0.5, 0.6) is 5.75 Å². The van der Waals surface area contributed by atoms with Crippen molar-refractivity contribution in [1.29, 1.82) is 0 Å². The van der Waals surface area contributed by atoms with Crippen LogP contribution in [0, 0.1) is 0 Å². The smallest absolute Gasteiger partial charge is 0.124 e. The maximum Gasteiger partial charge on any atom is 0.124 e. The van der Waals surface area contributed by atoms with Crippen molar-refractivity contribution in [1.82, 2.24) is 9.80 Å². The van der Waals surface area contributed by atoms with Gasteiger partial charge in [-0.25, -0.2) is 0 Å². The number of rotatable bonds is 11. The molecule has 0 radical (unpaired) electrons. The van der Waals surface area contributed by atoms with Crippen LogP contribution in [-0.4, -0.2) is 53.2 Å². The molecule has 2 aromatic rings. The molecular formula is C26H36BrClN2O2. The SMILES string of the molecule is CCCN(CCC)CC1(O)CCN(Cc2cc(Br)ccc2OCc2ccc(Cl)cc2)CC1. The Balaban J connectivity index is 1.58. The van der Waals surface area contributed by atoms with Crippen molar-refractivity contribution >= 4 is 27.5 Å². The van der Waals surface area contributed by atoms with Gasteiger partial charge in [0.15, 0.2) is 0 Å². The Kier molecular flexibility index (Phi) is 9.87. The molecule has 1 fully saturated rings. The van der Waals surface area contributed by atoms with Crippen molar-refractivity contribution in [3.8, 4) is 5.75 Å². The van der Waals surface area contributed by atoms with Crippen LogP contribution in [0.25, 0.3) is 0 Å². The second-order valence-electron chi connectivity index (χ2n) is 8.94. The summed E-state index contributed by atoms with van der Waals surface area (Å²) in [4.78, 5) is 4.85. The van der Waals surface area contributed by atoms with Gasteiger partial charge in [0.1, 0.15) is 12.4 Å². The Bertz CT molecular complexity index is 832. The lowest BCUT2D eigenvalue weighted by Gasteiger charge is -2.41. The van der Waals surface area contributed by atoms with E-state index in [-0.39, 0.29) is 0 Å². The summed E-state index contributed by atoms with van der Waals surface area (Å²) in [5.74, 6) is 0.904. The molecule has 0 atom stereocenters. The monoisotopic (exact) mass is 522 g/mol. The van der Waals surface area contributed by atoms with Gasteiger partial charge in [-0.1, -0.05) is 53.5 Å². The molecule has 0 spiro atoms. The van der Waals surface area contributed by atoms with Gasteiger partial charge >= 0.3 is 0 Å². The summed E-state index contributed by atoms with van der Waals surface area (Å²) in [5, 5.41) is 11.9. The Hall–Kier alpha value is -1.11. The summed E-state index contributed by atoms with van der Waals surface area (Å²) >= 11 is 9.59. The van der Waals surface area contributed by atoms with Crippen molar-refractivity contribution in [2.24, 2.45) is 0 Å². The average Bonchev–Trinajstić information content (AvgIpc) is 2.76. The molecule has 0 saturated carbocycles. The summed E-state index contributed by atoms with van der Waals surface area (Å²) in [6.45, 7) is 10.4. The van der Waals surface area contributed by atoms with Crippen LogP contribution in [0.2, 0.25) is 5.02 Å². The van der Waals surface area contributed by atoms with Gasteiger partial charge in [-0.05, 0) is 74.7 Å². The van der Waals surface area contributed by atoms with E-state index in [1.54, 1.807) is 0 Å². The lowest BCUT2D eigenvalue weighted by atomic mass is 9.90. The van der Waals surface area contributed by atoms with Crippen molar-refractivity contribution < 1.29 is 9.84 Å². The van der Waals surface area contributed by atoms with Gasteiger partial charge in [-0.15, -0.1) is 0 Å². The Labute approximate surface area is 206 Å². The molecule has 1 N–H and O–H groups in total. The zero-order chi connectivity index (χ0) is 23.0. The highest BCUT2D eigenvalue weighted by atomic mass is 79.9. The maximum atomic E-state index is 11.2. The molecule has 2 aromatic carbocycles. The third-order valence-corrected chi connectivity index (χ3v) is 6.85. The summed E-state index contributed by atoms with van der Waals surface area (Å²) in [5.41, 5.74) is 1.68. The van der Waals surface area contributed by atoms with Gasteiger partial charge in [-0.3, -0.25) is 4.90 Å². The molecule has 1 aliphatic heterocycles. The van der Waals surface area contributed by atoms with Crippen LogP contribution >= 0.6 is 27.5 Å². The molecule has 0 aliphatic carbocycles. The van der Waals surface area contributed by atoms with Crippen LogP contribution in [0.1, 0.15) is 50.7 Å². The summed E-state index contributed by atoms with van der Waals surface area (Å²) < 4.78 is 7.21. The van der Waals surface area contributed by atoms with Gasteiger partial charge in [0, 0.05) is 41.2 Å². The van der Waals surface area contributed by atoms with Crippen molar-refractivity contribution in [3.05, 3.63) is 63.1 Å². The summed E-state index contributed by atoms with van der Waals surface area (Å²) in [7, 11) is 0. The van der Waals surface area contributed by atoms with Crippen LogP contribution in [0.4, 0.5) is 0 Å². The minimum atomic E-state index is -0.577. The molecule has 4 nitrogen and oxygen atoms in total.